The average molecular weight is 408 g/mol. The molecular weight excluding hydrogens is 394 g/mol. The number of nitrogens with one attached hydrogen (secondary N) is 1. The van der Waals surface area contributed by atoms with E-state index in [1.165, 1.54) is 20.0 Å². The van der Waals surface area contributed by atoms with Gasteiger partial charge in [0.05, 0.1) is 24.0 Å². The van der Waals surface area contributed by atoms with Crippen LogP contribution in [0.15, 0.2) is 30.6 Å². The first kappa shape index (κ1) is 20.8. The predicted molar refractivity (Wildman–Crippen MR) is 86.6 cm³/mol. The minimum Gasteiger partial charge on any atom is -0.403 e. The van der Waals surface area contributed by atoms with Crippen LogP contribution in [0.1, 0.15) is 35.9 Å². The molecule has 2 rings (SSSR count). The summed E-state index contributed by atoms with van der Waals surface area (Å²) in [5, 5.41) is 12.7. The summed E-state index contributed by atoms with van der Waals surface area (Å²) in [6, 6.07) is 1.40. The van der Waals surface area contributed by atoms with Gasteiger partial charge in [-0.15, -0.1) is 13.2 Å². The van der Waals surface area contributed by atoms with Crippen LogP contribution in [-0.2, 0) is 0 Å². The lowest BCUT2D eigenvalue weighted by atomic mass is 9.91. The van der Waals surface area contributed by atoms with Crippen LogP contribution in [0, 0.1) is 5.82 Å². The number of nitrogens with zero attached hydrogens (tertiary/aromatic N) is 2. The molecule has 0 aliphatic rings. The zero-order valence-electron chi connectivity index (χ0n) is 14.0. The number of aliphatic hydroxyl groups is 1. The second-order valence-corrected chi connectivity index (χ2v) is 6.41. The van der Waals surface area contributed by atoms with Gasteiger partial charge in [0.25, 0.3) is 5.91 Å². The number of rotatable bonds is 5. The van der Waals surface area contributed by atoms with Gasteiger partial charge < -0.3 is 15.2 Å². The fourth-order valence-electron chi connectivity index (χ4n) is 2.23. The Morgan fingerprint density at radius 1 is 1.30 bits per heavy atom. The molecular formula is C16H14ClF4N3O3. The summed E-state index contributed by atoms with van der Waals surface area (Å²) < 4.78 is 54.3. The third-order valence-corrected chi connectivity index (χ3v) is 3.52. The Morgan fingerprint density at radius 3 is 2.48 bits per heavy atom. The highest BCUT2D eigenvalue weighted by Gasteiger charge is 2.34. The number of amides is 1. The first-order valence-electron chi connectivity index (χ1n) is 7.43. The summed E-state index contributed by atoms with van der Waals surface area (Å²) in [6.07, 6.45) is -2.72. The van der Waals surface area contributed by atoms with Crippen molar-refractivity contribution in [1.29, 1.82) is 0 Å². The highest BCUT2D eigenvalue weighted by atomic mass is 35.5. The van der Waals surface area contributed by atoms with E-state index in [9.17, 15) is 27.5 Å². The molecule has 0 aliphatic heterocycles. The number of alkyl halides is 3. The van der Waals surface area contributed by atoms with E-state index in [2.05, 4.69) is 20.0 Å². The Bertz CT molecular complexity index is 840. The maximum Gasteiger partial charge on any atom is 0.573 e. The molecule has 0 saturated carbocycles. The first-order valence-corrected chi connectivity index (χ1v) is 7.80. The minimum absolute atomic E-state index is 0.0119. The third kappa shape index (κ3) is 5.76. The summed E-state index contributed by atoms with van der Waals surface area (Å²) >= 11 is 5.66. The number of hydrogen-bond donors (Lipinski definition) is 2. The number of hydrogen-bond acceptors (Lipinski definition) is 5. The molecule has 0 bridgehead atoms. The molecule has 1 aromatic heterocycles. The van der Waals surface area contributed by atoms with Crippen molar-refractivity contribution in [2.45, 2.75) is 31.9 Å². The molecule has 0 saturated heterocycles. The molecule has 0 fully saturated rings. The standard InChI is InChI=1S/C16H14ClF4N3O3/c1-15(2,26)13(24-14(25)10-6-22-7-12(17)23-10)8-3-4-11(9(18)5-8)27-16(19,20)21/h3-7,13,26H,1-2H3,(H,24,25). The predicted octanol–water partition coefficient (Wildman–Crippen LogP) is 3.41. The second kappa shape index (κ2) is 7.65. The summed E-state index contributed by atoms with van der Waals surface area (Å²) in [7, 11) is 0. The molecule has 1 aromatic carbocycles. The second-order valence-electron chi connectivity index (χ2n) is 6.02. The van der Waals surface area contributed by atoms with E-state index < -0.39 is 35.5 Å². The van der Waals surface area contributed by atoms with Crippen molar-refractivity contribution in [3.8, 4) is 5.75 Å². The van der Waals surface area contributed by atoms with E-state index in [-0.39, 0.29) is 16.4 Å². The van der Waals surface area contributed by atoms with Gasteiger partial charge in [-0.2, -0.15) is 0 Å². The van der Waals surface area contributed by atoms with Gasteiger partial charge in [0.2, 0.25) is 0 Å². The number of carbonyl (C=O) groups excluding carboxylic acids is 1. The van der Waals surface area contributed by atoms with Gasteiger partial charge in [0.1, 0.15) is 10.8 Å². The van der Waals surface area contributed by atoms with E-state index in [1.54, 1.807) is 0 Å². The maximum absolute atomic E-state index is 14.0. The van der Waals surface area contributed by atoms with Gasteiger partial charge in [-0.05, 0) is 31.5 Å². The normalized spacial score (nSPS) is 13.2. The summed E-state index contributed by atoms with van der Waals surface area (Å²) in [6.45, 7) is 2.67. The zero-order chi connectivity index (χ0) is 20.4. The number of carbonyl (C=O) groups is 1. The molecule has 1 heterocycles. The van der Waals surface area contributed by atoms with Crippen LogP contribution in [0.5, 0.6) is 5.75 Å². The third-order valence-electron chi connectivity index (χ3n) is 3.33. The van der Waals surface area contributed by atoms with Crippen molar-refractivity contribution in [1.82, 2.24) is 15.3 Å². The van der Waals surface area contributed by atoms with Crippen molar-refractivity contribution in [2.75, 3.05) is 0 Å². The Balaban J connectivity index is 2.32. The van der Waals surface area contributed by atoms with E-state index in [4.69, 9.17) is 11.6 Å². The molecule has 0 radical (unpaired) electrons. The van der Waals surface area contributed by atoms with Crippen LogP contribution in [-0.4, -0.2) is 32.9 Å². The van der Waals surface area contributed by atoms with Gasteiger partial charge in [-0.25, -0.2) is 9.37 Å². The molecule has 146 valence electrons. The average Bonchev–Trinajstić information content (AvgIpc) is 2.52. The number of aromatic nitrogens is 2. The van der Waals surface area contributed by atoms with Crippen molar-refractivity contribution in [3.05, 3.63) is 52.8 Å². The minimum atomic E-state index is -5.06. The Hall–Kier alpha value is -2.46. The van der Waals surface area contributed by atoms with E-state index in [0.717, 1.165) is 24.4 Å². The maximum atomic E-state index is 14.0. The monoisotopic (exact) mass is 407 g/mol. The van der Waals surface area contributed by atoms with Gasteiger partial charge in [0.15, 0.2) is 11.6 Å². The molecule has 2 aromatic rings. The number of benzene rings is 1. The van der Waals surface area contributed by atoms with Gasteiger partial charge in [0, 0.05) is 0 Å². The van der Waals surface area contributed by atoms with Crippen molar-refractivity contribution >= 4 is 17.5 Å². The molecule has 6 nitrogen and oxygen atoms in total. The van der Waals surface area contributed by atoms with E-state index in [1.807, 2.05) is 0 Å². The topological polar surface area (TPSA) is 84.3 Å². The fraction of sp³-hybridized carbons (Fsp3) is 0.312. The molecule has 0 spiro atoms. The van der Waals surface area contributed by atoms with Crippen LogP contribution in [0.2, 0.25) is 5.15 Å². The highest BCUT2D eigenvalue weighted by molar-refractivity contribution is 6.29. The van der Waals surface area contributed by atoms with E-state index in [0.29, 0.717) is 0 Å². The number of halogens is 5. The van der Waals surface area contributed by atoms with Crippen LogP contribution < -0.4 is 10.1 Å². The summed E-state index contributed by atoms with van der Waals surface area (Å²) in [4.78, 5) is 19.8. The molecule has 2 N–H and O–H groups in total. The summed E-state index contributed by atoms with van der Waals surface area (Å²) in [5.74, 6) is -3.11. The Labute approximate surface area is 156 Å². The van der Waals surface area contributed by atoms with Crippen LogP contribution >= 0.6 is 11.6 Å². The largest absolute Gasteiger partial charge is 0.573 e. The first-order chi connectivity index (χ1) is 12.4. The Morgan fingerprint density at radius 2 is 1.96 bits per heavy atom. The Kier molecular flexibility index (Phi) is 5.91. The molecule has 1 amide bonds. The lowest BCUT2D eigenvalue weighted by Gasteiger charge is -2.30. The van der Waals surface area contributed by atoms with E-state index >= 15 is 0 Å². The van der Waals surface area contributed by atoms with Gasteiger partial charge >= 0.3 is 6.36 Å². The zero-order valence-corrected chi connectivity index (χ0v) is 14.8. The van der Waals surface area contributed by atoms with Crippen LogP contribution in [0.4, 0.5) is 17.6 Å². The molecule has 0 aliphatic carbocycles. The molecule has 27 heavy (non-hydrogen) atoms. The quantitative estimate of drug-likeness (QED) is 0.742. The molecule has 11 heteroatoms. The fourth-order valence-corrected chi connectivity index (χ4v) is 2.38. The number of ether oxygens (including phenoxy) is 1. The summed E-state index contributed by atoms with van der Waals surface area (Å²) in [5.41, 5.74) is -1.74. The molecule has 1 atom stereocenters. The lowest BCUT2D eigenvalue weighted by molar-refractivity contribution is -0.275. The van der Waals surface area contributed by atoms with Gasteiger partial charge in [-0.3, -0.25) is 9.78 Å². The highest BCUT2D eigenvalue weighted by Crippen LogP contribution is 2.31. The lowest BCUT2D eigenvalue weighted by Crippen LogP contribution is -2.42. The van der Waals surface area contributed by atoms with Crippen molar-refractivity contribution in [3.63, 3.8) is 0 Å². The van der Waals surface area contributed by atoms with Crippen molar-refractivity contribution < 1.29 is 32.2 Å². The van der Waals surface area contributed by atoms with Gasteiger partial charge in [-0.1, -0.05) is 17.7 Å². The van der Waals surface area contributed by atoms with Crippen LogP contribution in [0.3, 0.4) is 0 Å². The molecule has 1 unspecified atom stereocenters. The van der Waals surface area contributed by atoms with Crippen molar-refractivity contribution in [2.24, 2.45) is 0 Å². The van der Waals surface area contributed by atoms with Crippen LogP contribution in [0.25, 0.3) is 0 Å². The SMILES string of the molecule is CC(C)(O)C(NC(=O)c1cncc(Cl)n1)c1ccc(OC(F)(F)F)c(F)c1. The smallest absolute Gasteiger partial charge is 0.403 e.